The number of rotatable bonds is 8. The molecule has 0 aliphatic carbocycles. The van der Waals surface area contributed by atoms with E-state index in [0.29, 0.717) is 23.8 Å². The van der Waals surface area contributed by atoms with Crippen LogP contribution in [0, 0.1) is 0 Å². The number of likely N-dealkylation sites (N-methyl/N-ethyl adjacent to an activating group) is 1. The highest BCUT2D eigenvalue weighted by atomic mass is 16.5. The Bertz CT molecular complexity index is 561. The minimum Gasteiger partial charge on any atom is -0.493 e. The van der Waals surface area contributed by atoms with Gasteiger partial charge >= 0.3 is 0 Å². The van der Waals surface area contributed by atoms with E-state index < -0.39 is 0 Å². The van der Waals surface area contributed by atoms with Crippen molar-refractivity contribution in [2.75, 3.05) is 49.0 Å². The van der Waals surface area contributed by atoms with Crippen molar-refractivity contribution in [3.05, 3.63) is 17.7 Å². The smallest absolute Gasteiger partial charge is 0.203 e. The van der Waals surface area contributed by atoms with Crippen LogP contribution in [0.2, 0.25) is 0 Å². The molecule has 0 atom stereocenters. The second-order valence-corrected chi connectivity index (χ2v) is 6.52. The lowest BCUT2D eigenvalue weighted by atomic mass is 10.0. The molecule has 0 fully saturated rings. The van der Waals surface area contributed by atoms with Gasteiger partial charge in [0.2, 0.25) is 5.75 Å². The van der Waals surface area contributed by atoms with Crippen molar-refractivity contribution in [3.8, 4) is 17.2 Å². The minimum absolute atomic E-state index is 0.0180. The van der Waals surface area contributed by atoms with Crippen molar-refractivity contribution < 1.29 is 14.2 Å². The van der Waals surface area contributed by atoms with Crippen molar-refractivity contribution in [2.45, 2.75) is 25.9 Å². The van der Waals surface area contributed by atoms with Gasteiger partial charge in [0.1, 0.15) is 0 Å². The first-order chi connectivity index (χ1) is 11.8. The lowest BCUT2D eigenvalue weighted by molar-refractivity contribution is 0.197. The zero-order chi connectivity index (χ0) is 19.0. The van der Waals surface area contributed by atoms with Crippen LogP contribution in [0.5, 0.6) is 17.2 Å². The molecule has 1 aromatic carbocycles. The van der Waals surface area contributed by atoms with Gasteiger partial charge in [-0.3, -0.25) is 4.99 Å². The first-order valence-electron chi connectivity index (χ1n) is 8.19. The second-order valence-electron chi connectivity index (χ2n) is 6.52. The Labute approximate surface area is 151 Å². The lowest BCUT2D eigenvalue weighted by Crippen LogP contribution is -2.50. The molecule has 0 aliphatic rings. The average Bonchev–Trinajstić information content (AvgIpc) is 2.60. The molecule has 0 heterocycles. The van der Waals surface area contributed by atoms with E-state index >= 15 is 0 Å². The van der Waals surface area contributed by atoms with Gasteiger partial charge in [-0.2, -0.15) is 0 Å². The highest BCUT2D eigenvalue weighted by Crippen LogP contribution is 2.38. The number of guanidine groups is 1. The van der Waals surface area contributed by atoms with Crippen molar-refractivity contribution in [1.82, 2.24) is 15.5 Å². The highest BCUT2D eigenvalue weighted by molar-refractivity contribution is 5.79. The number of methoxy groups -OCH3 is 3. The molecule has 142 valence electrons. The van der Waals surface area contributed by atoms with Crippen LogP contribution >= 0.6 is 0 Å². The fourth-order valence-electron chi connectivity index (χ4n) is 2.10. The molecule has 0 saturated heterocycles. The summed E-state index contributed by atoms with van der Waals surface area (Å²) in [5.74, 6) is 2.60. The third-order valence-electron chi connectivity index (χ3n) is 4.31. The van der Waals surface area contributed by atoms with Crippen LogP contribution in [0.25, 0.3) is 0 Å². The third-order valence-corrected chi connectivity index (χ3v) is 4.31. The zero-order valence-corrected chi connectivity index (χ0v) is 16.7. The Morgan fingerprint density at radius 2 is 1.60 bits per heavy atom. The van der Waals surface area contributed by atoms with E-state index in [9.17, 15) is 0 Å². The van der Waals surface area contributed by atoms with Crippen LogP contribution in [0.4, 0.5) is 0 Å². The van der Waals surface area contributed by atoms with Gasteiger partial charge in [0.15, 0.2) is 17.5 Å². The van der Waals surface area contributed by atoms with E-state index in [4.69, 9.17) is 14.2 Å². The molecular formula is C18H32N4O3. The SMILES string of the molecule is CN=C(NCc1cc(OC)c(OC)c(OC)c1)NCC(C)(C)N(C)C. The first-order valence-corrected chi connectivity index (χ1v) is 8.19. The van der Waals surface area contributed by atoms with Gasteiger partial charge in [0, 0.05) is 25.7 Å². The van der Waals surface area contributed by atoms with E-state index in [0.717, 1.165) is 18.1 Å². The summed E-state index contributed by atoms with van der Waals surface area (Å²) >= 11 is 0. The zero-order valence-electron chi connectivity index (χ0n) is 16.7. The van der Waals surface area contributed by atoms with Crippen LogP contribution in [0.3, 0.4) is 0 Å². The number of hydrogen-bond donors (Lipinski definition) is 2. The second kappa shape index (κ2) is 9.36. The van der Waals surface area contributed by atoms with Crippen molar-refractivity contribution in [1.29, 1.82) is 0 Å². The maximum atomic E-state index is 5.39. The summed E-state index contributed by atoms with van der Waals surface area (Å²) in [6.07, 6.45) is 0. The number of hydrogen-bond acceptors (Lipinski definition) is 5. The van der Waals surface area contributed by atoms with Crippen LogP contribution in [0.15, 0.2) is 17.1 Å². The quantitative estimate of drug-likeness (QED) is 0.548. The molecule has 2 N–H and O–H groups in total. The molecule has 0 spiro atoms. The van der Waals surface area contributed by atoms with Gasteiger partial charge in [-0.25, -0.2) is 0 Å². The van der Waals surface area contributed by atoms with Gasteiger partial charge in [0.05, 0.1) is 21.3 Å². The fourth-order valence-corrected chi connectivity index (χ4v) is 2.10. The van der Waals surface area contributed by atoms with E-state index in [2.05, 4.69) is 48.5 Å². The molecule has 0 amide bonds. The number of nitrogens with zero attached hydrogens (tertiary/aromatic N) is 2. The molecule has 25 heavy (non-hydrogen) atoms. The molecule has 7 nitrogen and oxygen atoms in total. The Morgan fingerprint density at radius 3 is 2.00 bits per heavy atom. The third kappa shape index (κ3) is 5.70. The van der Waals surface area contributed by atoms with Crippen LogP contribution in [-0.4, -0.2) is 65.4 Å². The molecule has 0 aliphatic heterocycles. The van der Waals surface area contributed by atoms with Gasteiger partial charge < -0.3 is 29.7 Å². The normalized spacial score (nSPS) is 12.1. The fraction of sp³-hybridized carbons (Fsp3) is 0.611. The molecule has 1 rings (SSSR count). The predicted octanol–water partition coefficient (Wildman–Crippen LogP) is 1.72. The number of nitrogens with one attached hydrogen (secondary N) is 2. The summed E-state index contributed by atoms with van der Waals surface area (Å²) in [6.45, 7) is 5.70. The van der Waals surface area contributed by atoms with Crippen LogP contribution in [0.1, 0.15) is 19.4 Å². The Kier molecular flexibility index (Phi) is 7.83. The lowest BCUT2D eigenvalue weighted by Gasteiger charge is -2.33. The van der Waals surface area contributed by atoms with Crippen molar-refractivity contribution in [3.63, 3.8) is 0 Å². The largest absolute Gasteiger partial charge is 0.493 e. The van der Waals surface area contributed by atoms with E-state index in [-0.39, 0.29) is 5.54 Å². The maximum absolute atomic E-state index is 5.39. The molecule has 0 saturated carbocycles. The van der Waals surface area contributed by atoms with Gasteiger partial charge in [-0.05, 0) is 45.6 Å². The summed E-state index contributed by atoms with van der Waals surface area (Å²) in [6, 6.07) is 3.84. The Balaban J connectivity index is 2.79. The maximum Gasteiger partial charge on any atom is 0.203 e. The van der Waals surface area contributed by atoms with E-state index in [1.54, 1.807) is 28.4 Å². The minimum atomic E-state index is 0.0180. The first kappa shape index (κ1) is 20.9. The van der Waals surface area contributed by atoms with E-state index in [1.807, 2.05) is 12.1 Å². The van der Waals surface area contributed by atoms with Crippen LogP contribution in [-0.2, 0) is 6.54 Å². The standard InChI is InChI=1S/C18H32N4O3/c1-18(2,22(4)5)12-21-17(19-3)20-11-13-9-14(23-6)16(25-8)15(10-13)24-7/h9-10H,11-12H2,1-8H3,(H2,19,20,21). The molecule has 0 bridgehead atoms. The molecule has 0 aromatic heterocycles. The Morgan fingerprint density at radius 1 is 1.04 bits per heavy atom. The number of benzene rings is 1. The number of ether oxygens (including phenoxy) is 3. The van der Waals surface area contributed by atoms with Gasteiger partial charge in [-0.1, -0.05) is 0 Å². The summed E-state index contributed by atoms with van der Waals surface area (Å²) in [4.78, 5) is 6.45. The summed E-state index contributed by atoms with van der Waals surface area (Å²) in [7, 11) is 10.7. The molecule has 0 unspecified atom stereocenters. The van der Waals surface area contributed by atoms with Gasteiger partial charge in [0.25, 0.3) is 0 Å². The molecule has 7 heteroatoms. The average molecular weight is 352 g/mol. The summed E-state index contributed by atoms with van der Waals surface area (Å²) in [5.41, 5.74) is 1.02. The van der Waals surface area contributed by atoms with Gasteiger partial charge in [-0.15, -0.1) is 0 Å². The highest BCUT2D eigenvalue weighted by Gasteiger charge is 2.20. The summed E-state index contributed by atoms with van der Waals surface area (Å²) in [5, 5.41) is 6.66. The molecule has 0 radical (unpaired) electrons. The topological polar surface area (TPSA) is 67.4 Å². The predicted molar refractivity (Wildman–Crippen MR) is 102 cm³/mol. The van der Waals surface area contributed by atoms with Crippen LogP contribution < -0.4 is 24.8 Å². The number of aliphatic imine (C=N–C) groups is 1. The molecule has 1 aromatic rings. The van der Waals surface area contributed by atoms with Crippen molar-refractivity contribution in [2.24, 2.45) is 4.99 Å². The molecular weight excluding hydrogens is 320 g/mol. The Hall–Kier alpha value is -2.15. The monoisotopic (exact) mass is 352 g/mol. The van der Waals surface area contributed by atoms with Crippen molar-refractivity contribution >= 4 is 5.96 Å². The summed E-state index contributed by atoms with van der Waals surface area (Å²) < 4.78 is 16.1. The van der Waals surface area contributed by atoms with E-state index in [1.165, 1.54) is 0 Å².